The lowest BCUT2D eigenvalue weighted by molar-refractivity contribution is 0.668. The van der Waals surface area contributed by atoms with Gasteiger partial charge in [-0.1, -0.05) is 72.8 Å². The molecule has 7 heteroatoms. The maximum atomic E-state index is 5.18. The molecule has 6 nitrogen and oxygen atoms in total. The van der Waals surface area contributed by atoms with Crippen molar-refractivity contribution in [2.75, 3.05) is 14.7 Å². The molecule has 1 aliphatic carbocycles. The standard InChI is InChI=1S/C41H29BN6/c1-3-12-27(13-4-1)46-33-20-11-22-44-39(33)42-31-18-9-16-29-36-30-17-10-23-45-40(30)47(28-14-5-2-6-15-28)41(36)48(38(29)31)35-25-26(24-34(46)37(35)42)32-19-7-8-21-43-32/h1-12,14-25,27,36,41H,13H2. The molecule has 0 bridgehead atoms. The monoisotopic (exact) mass is 616 g/mol. The van der Waals surface area contributed by atoms with Crippen molar-refractivity contribution >= 4 is 57.5 Å². The summed E-state index contributed by atoms with van der Waals surface area (Å²) in [5, 5.41) is 0. The molecule has 0 saturated carbocycles. The molecule has 5 aliphatic rings. The summed E-state index contributed by atoms with van der Waals surface area (Å²) >= 11 is 0. The van der Waals surface area contributed by atoms with Crippen LogP contribution in [-0.2, 0) is 0 Å². The van der Waals surface area contributed by atoms with Gasteiger partial charge in [0.2, 0.25) is 0 Å². The first kappa shape index (κ1) is 26.2. The normalized spacial score (nSPS) is 20.3. The Kier molecular flexibility index (Phi) is 5.33. The van der Waals surface area contributed by atoms with E-state index in [-0.39, 0.29) is 24.8 Å². The first-order valence-corrected chi connectivity index (χ1v) is 16.7. The molecular formula is C41H29BN6. The van der Waals surface area contributed by atoms with Gasteiger partial charge in [-0.3, -0.25) is 9.97 Å². The lowest BCUT2D eigenvalue weighted by atomic mass is 9.35. The van der Waals surface area contributed by atoms with Crippen LogP contribution in [0.25, 0.3) is 11.3 Å². The van der Waals surface area contributed by atoms with Crippen LogP contribution in [0.2, 0.25) is 0 Å². The predicted octanol–water partition coefficient (Wildman–Crippen LogP) is 6.47. The highest BCUT2D eigenvalue weighted by atomic mass is 15.4. The smallest absolute Gasteiger partial charge is 0.275 e. The van der Waals surface area contributed by atoms with Crippen LogP contribution in [0.1, 0.15) is 23.5 Å². The number of rotatable bonds is 3. The number of nitrogens with zero attached hydrogens (tertiary/aromatic N) is 6. The second kappa shape index (κ2) is 9.78. The Morgan fingerprint density at radius 1 is 0.646 bits per heavy atom. The average molecular weight is 617 g/mol. The maximum Gasteiger partial charge on any atom is 0.275 e. The summed E-state index contributed by atoms with van der Waals surface area (Å²) in [6.45, 7) is 0.00640. The van der Waals surface area contributed by atoms with Gasteiger partial charge in [0, 0.05) is 58.1 Å². The molecule has 6 aromatic rings. The SMILES string of the molecule is C1=CCC(N2c3cccnc3B3c4cccc5c4N(c4cc(-c6ccccn6)cc2c43)C2C5c3cccnc3N2c2ccccc2)C=C1. The summed E-state index contributed by atoms with van der Waals surface area (Å²) in [6.07, 6.45) is 15.6. The lowest BCUT2D eigenvalue weighted by Gasteiger charge is -2.46. The van der Waals surface area contributed by atoms with Crippen LogP contribution in [0.15, 0.2) is 146 Å². The van der Waals surface area contributed by atoms with Crippen molar-refractivity contribution in [3.63, 3.8) is 0 Å². The number of aromatic nitrogens is 3. The molecule has 0 saturated heterocycles. The number of anilines is 6. The van der Waals surface area contributed by atoms with E-state index in [0.717, 1.165) is 34.8 Å². The first-order valence-electron chi connectivity index (χ1n) is 16.7. The van der Waals surface area contributed by atoms with Gasteiger partial charge in [0.1, 0.15) is 12.0 Å². The van der Waals surface area contributed by atoms with Crippen LogP contribution in [0.4, 0.5) is 34.3 Å². The summed E-state index contributed by atoms with van der Waals surface area (Å²) in [6, 6.07) is 37.5. The Balaban J connectivity index is 1.24. The first-order chi connectivity index (χ1) is 23.9. The van der Waals surface area contributed by atoms with Crippen molar-refractivity contribution in [1.82, 2.24) is 15.0 Å². The van der Waals surface area contributed by atoms with Crippen molar-refractivity contribution < 1.29 is 0 Å². The predicted molar refractivity (Wildman–Crippen MR) is 194 cm³/mol. The molecule has 0 radical (unpaired) electrons. The van der Waals surface area contributed by atoms with Gasteiger partial charge in [0.25, 0.3) is 6.71 Å². The number of fused-ring (bicyclic) bond motifs is 9. The van der Waals surface area contributed by atoms with Crippen LogP contribution < -0.4 is 31.2 Å². The molecule has 11 rings (SSSR count). The minimum Gasteiger partial charge on any atom is -0.334 e. The zero-order chi connectivity index (χ0) is 31.3. The molecule has 0 fully saturated rings. The molecule has 3 aromatic heterocycles. The van der Waals surface area contributed by atoms with E-state index in [0.29, 0.717) is 0 Å². The summed E-state index contributed by atoms with van der Waals surface area (Å²) in [5.41, 5.74) is 14.5. The largest absolute Gasteiger partial charge is 0.334 e. The molecule has 3 aromatic carbocycles. The molecule has 7 heterocycles. The second-order valence-corrected chi connectivity index (χ2v) is 13.1. The van der Waals surface area contributed by atoms with Crippen LogP contribution in [0.3, 0.4) is 0 Å². The molecule has 3 unspecified atom stereocenters. The van der Waals surface area contributed by atoms with Gasteiger partial charge < -0.3 is 14.7 Å². The van der Waals surface area contributed by atoms with E-state index in [1.807, 2.05) is 24.7 Å². The van der Waals surface area contributed by atoms with Gasteiger partial charge in [-0.15, -0.1) is 0 Å². The highest BCUT2D eigenvalue weighted by molar-refractivity contribution is 6.99. The number of pyridine rings is 3. The minimum atomic E-state index is -0.0198. The van der Waals surface area contributed by atoms with Gasteiger partial charge in [0.05, 0.1) is 23.3 Å². The fourth-order valence-electron chi connectivity index (χ4n) is 9.00. The Morgan fingerprint density at radius 3 is 2.31 bits per heavy atom. The lowest BCUT2D eigenvalue weighted by Crippen LogP contribution is -2.64. The van der Waals surface area contributed by atoms with Crippen molar-refractivity contribution in [3.8, 4) is 11.3 Å². The van der Waals surface area contributed by atoms with Crippen molar-refractivity contribution in [3.05, 3.63) is 157 Å². The molecule has 4 aliphatic heterocycles. The highest BCUT2D eigenvalue weighted by Gasteiger charge is 2.56. The molecule has 0 N–H and O–H groups in total. The van der Waals surface area contributed by atoms with Gasteiger partial charge in [-0.2, -0.15) is 0 Å². The quantitative estimate of drug-likeness (QED) is 0.213. The van der Waals surface area contributed by atoms with E-state index in [2.05, 4.69) is 136 Å². The van der Waals surface area contributed by atoms with E-state index >= 15 is 0 Å². The maximum absolute atomic E-state index is 5.18. The van der Waals surface area contributed by atoms with Crippen molar-refractivity contribution in [2.45, 2.75) is 24.5 Å². The van der Waals surface area contributed by atoms with Gasteiger partial charge in [-0.25, -0.2) is 4.98 Å². The van der Waals surface area contributed by atoms with Crippen molar-refractivity contribution in [1.29, 1.82) is 0 Å². The van der Waals surface area contributed by atoms with Crippen molar-refractivity contribution in [2.24, 2.45) is 0 Å². The number of allylic oxidation sites excluding steroid dienone is 2. The Labute approximate surface area is 279 Å². The van der Waals surface area contributed by atoms with Gasteiger partial charge >= 0.3 is 0 Å². The summed E-state index contributed by atoms with van der Waals surface area (Å²) in [7, 11) is 0. The highest BCUT2D eigenvalue weighted by Crippen LogP contribution is 2.58. The van der Waals surface area contributed by atoms with E-state index < -0.39 is 0 Å². The fourth-order valence-corrected chi connectivity index (χ4v) is 9.00. The average Bonchev–Trinajstić information content (AvgIpc) is 3.68. The third-order valence-electron chi connectivity index (χ3n) is 10.8. The van der Waals surface area contributed by atoms with E-state index in [9.17, 15) is 0 Å². The number of benzene rings is 3. The summed E-state index contributed by atoms with van der Waals surface area (Å²) in [5.74, 6) is 1.16. The number of hydrogen-bond donors (Lipinski definition) is 0. The molecule has 226 valence electrons. The zero-order valence-electron chi connectivity index (χ0n) is 26.1. The summed E-state index contributed by atoms with van der Waals surface area (Å²) < 4.78 is 0. The molecule has 0 spiro atoms. The Hall–Kier alpha value is -5.95. The Bertz CT molecular complexity index is 2340. The summed E-state index contributed by atoms with van der Waals surface area (Å²) in [4.78, 5) is 22.7. The fraction of sp³-hybridized carbons (Fsp3) is 0.0976. The van der Waals surface area contributed by atoms with Gasteiger partial charge in [-0.05, 0) is 77.5 Å². The number of para-hydroxylation sites is 2. The molecule has 0 amide bonds. The molecule has 48 heavy (non-hydrogen) atoms. The Morgan fingerprint density at radius 2 is 1.46 bits per heavy atom. The van der Waals surface area contributed by atoms with E-state index in [1.54, 1.807) is 0 Å². The molecule has 3 atom stereocenters. The van der Waals surface area contributed by atoms with Crippen LogP contribution in [0, 0.1) is 0 Å². The minimum absolute atomic E-state index is 0.00640. The third kappa shape index (κ3) is 3.40. The van der Waals surface area contributed by atoms with Gasteiger partial charge in [0.15, 0.2) is 0 Å². The second-order valence-electron chi connectivity index (χ2n) is 13.1. The van der Waals surface area contributed by atoms with E-state index in [4.69, 9.17) is 15.0 Å². The third-order valence-corrected chi connectivity index (χ3v) is 10.8. The zero-order valence-corrected chi connectivity index (χ0v) is 26.1. The van der Waals surface area contributed by atoms with Crippen LogP contribution in [-0.4, -0.2) is 33.9 Å². The van der Waals surface area contributed by atoms with Crippen LogP contribution in [0.5, 0.6) is 0 Å². The number of hydrogen-bond acceptors (Lipinski definition) is 6. The topological polar surface area (TPSA) is 48.4 Å². The molecular weight excluding hydrogens is 587 g/mol. The van der Waals surface area contributed by atoms with E-state index in [1.165, 1.54) is 44.8 Å². The van der Waals surface area contributed by atoms with Crippen LogP contribution >= 0.6 is 0 Å².